The van der Waals surface area contributed by atoms with Gasteiger partial charge in [0.1, 0.15) is 17.2 Å². The monoisotopic (exact) mass is 806 g/mol. The molecule has 4 unspecified atom stereocenters. The maximum atomic E-state index is 12.8. The Bertz CT molecular complexity index is 2470. The number of para-hydroxylation sites is 1. The normalized spacial score (nSPS) is 17.6. The lowest BCUT2D eigenvalue weighted by Gasteiger charge is -2.41. The van der Waals surface area contributed by atoms with E-state index in [9.17, 15) is 15.0 Å². The van der Waals surface area contributed by atoms with Crippen molar-refractivity contribution in [2.75, 3.05) is 11.1 Å². The molecule has 1 aliphatic heterocycles. The highest BCUT2D eigenvalue weighted by atomic mass is 32.2. The van der Waals surface area contributed by atoms with E-state index in [4.69, 9.17) is 14.2 Å². The number of anilines is 1. The number of hydrogen-bond donors (Lipinski definition) is 4. The highest BCUT2D eigenvalue weighted by molar-refractivity contribution is 7.99. The van der Waals surface area contributed by atoms with Crippen molar-refractivity contribution in [3.63, 3.8) is 0 Å². The van der Waals surface area contributed by atoms with Crippen molar-refractivity contribution in [3.8, 4) is 34.1 Å². The first-order chi connectivity index (χ1) is 28.9. The number of aromatic hydroxyl groups is 1. The van der Waals surface area contributed by atoms with Crippen LogP contribution < -0.4 is 15.4 Å². The molecule has 2 amide bonds. The molecule has 4 atom stereocenters. The number of carbonyl (C=O) groups excluding carboxylic acids is 1. The van der Waals surface area contributed by atoms with Crippen LogP contribution in [0.4, 0.5) is 10.5 Å². The van der Waals surface area contributed by atoms with Gasteiger partial charge in [-0.15, -0.1) is 5.10 Å². The average molecular weight is 807 g/mol. The van der Waals surface area contributed by atoms with E-state index in [1.807, 2.05) is 103 Å². The predicted molar refractivity (Wildman–Crippen MR) is 225 cm³/mol. The third kappa shape index (κ3) is 9.79. The van der Waals surface area contributed by atoms with Gasteiger partial charge < -0.3 is 35.1 Å². The van der Waals surface area contributed by atoms with E-state index in [0.29, 0.717) is 28.9 Å². The Labute approximate surface area is 345 Å². The fourth-order valence-corrected chi connectivity index (χ4v) is 7.86. The number of aliphatic hydroxyl groups is 1. The number of nitrogens with one attached hydrogen (secondary N) is 2. The van der Waals surface area contributed by atoms with E-state index in [1.54, 1.807) is 41.1 Å². The van der Waals surface area contributed by atoms with Crippen molar-refractivity contribution in [1.82, 2.24) is 25.5 Å². The number of phenolic OH excluding ortho intramolecular Hbond substituents is 1. The first-order valence-electron chi connectivity index (χ1n) is 19.2. The molecule has 13 heteroatoms. The highest BCUT2D eigenvalue weighted by Crippen LogP contribution is 2.43. The summed E-state index contributed by atoms with van der Waals surface area (Å²) in [4.78, 5) is 12.8. The molecule has 2 heterocycles. The lowest BCUT2D eigenvalue weighted by atomic mass is 9.91. The molecule has 6 aromatic carbocycles. The maximum Gasteiger partial charge on any atom is 0.319 e. The number of ether oxygens (including phenoxy) is 3. The number of phenols is 1. The third-order valence-electron chi connectivity index (χ3n) is 10.00. The number of tetrazole rings is 1. The van der Waals surface area contributed by atoms with Crippen molar-refractivity contribution in [3.05, 3.63) is 174 Å². The van der Waals surface area contributed by atoms with E-state index in [0.717, 1.165) is 44.8 Å². The number of nitrogens with zero attached hydrogens (tertiary/aromatic N) is 4. The van der Waals surface area contributed by atoms with Crippen LogP contribution in [0.3, 0.4) is 0 Å². The quantitative estimate of drug-likeness (QED) is 0.0830. The number of urea groups is 1. The van der Waals surface area contributed by atoms with Gasteiger partial charge in [-0.25, -0.2) is 4.79 Å². The van der Waals surface area contributed by atoms with Gasteiger partial charge in [-0.1, -0.05) is 97.5 Å². The van der Waals surface area contributed by atoms with E-state index < -0.39 is 6.29 Å². The van der Waals surface area contributed by atoms with Crippen LogP contribution in [0.1, 0.15) is 41.6 Å². The first-order valence-corrected chi connectivity index (χ1v) is 20.2. The summed E-state index contributed by atoms with van der Waals surface area (Å²) in [6, 6.07) is 47.1. The summed E-state index contributed by atoms with van der Waals surface area (Å²) in [5.41, 5.74) is 6.94. The Morgan fingerprint density at radius 2 is 1.51 bits per heavy atom. The molecule has 12 nitrogen and oxygen atoms in total. The molecule has 1 aromatic heterocycles. The van der Waals surface area contributed by atoms with Crippen LogP contribution in [-0.2, 0) is 22.6 Å². The van der Waals surface area contributed by atoms with Crippen LogP contribution in [0.5, 0.6) is 17.2 Å². The van der Waals surface area contributed by atoms with Crippen LogP contribution in [-0.4, -0.2) is 48.3 Å². The minimum absolute atomic E-state index is 0.0418. The SMILES string of the molecule is CC1C(CSc2nnnn2-c2ccc(O)cc2)OC(c2cccc(-c3cccc(CNC(=O)Nc4ccc(Oc5ccccc5)cc4)c3)c2)OC1c1ccc(CO)cc1. The fraction of sp³-hybridized carbons (Fsp3) is 0.174. The minimum atomic E-state index is -0.681. The molecule has 0 radical (unpaired) electrons. The lowest BCUT2D eigenvalue weighted by Crippen LogP contribution is -2.38. The molecule has 0 spiro atoms. The van der Waals surface area contributed by atoms with Gasteiger partial charge in [-0.05, 0) is 111 Å². The van der Waals surface area contributed by atoms with Gasteiger partial charge in [-0.2, -0.15) is 4.68 Å². The van der Waals surface area contributed by atoms with Gasteiger partial charge >= 0.3 is 6.03 Å². The summed E-state index contributed by atoms with van der Waals surface area (Å²) in [6.45, 7) is 2.40. The Morgan fingerprint density at radius 3 is 2.27 bits per heavy atom. The lowest BCUT2D eigenvalue weighted by molar-refractivity contribution is -0.268. The Hall–Kier alpha value is -6.51. The second-order valence-corrected chi connectivity index (χ2v) is 15.1. The molecule has 0 saturated carbocycles. The molecule has 59 heavy (non-hydrogen) atoms. The second-order valence-electron chi connectivity index (χ2n) is 14.1. The van der Waals surface area contributed by atoms with Gasteiger partial charge in [0, 0.05) is 29.5 Å². The topological polar surface area (TPSA) is 153 Å². The number of carbonyl (C=O) groups is 1. The van der Waals surface area contributed by atoms with E-state index >= 15 is 0 Å². The van der Waals surface area contributed by atoms with Crippen molar-refractivity contribution in [2.45, 2.75) is 43.7 Å². The van der Waals surface area contributed by atoms with Crippen LogP contribution in [0, 0.1) is 5.92 Å². The van der Waals surface area contributed by atoms with E-state index in [-0.39, 0.29) is 36.5 Å². The molecule has 0 aliphatic carbocycles. The fourth-order valence-electron chi connectivity index (χ4n) is 6.81. The van der Waals surface area contributed by atoms with Gasteiger partial charge in [0.25, 0.3) is 0 Å². The summed E-state index contributed by atoms with van der Waals surface area (Å²) >= 11 is 1.48. The molecule has 7 aromatic rings. The van der Waals surface area contributed by atoms with Crippen LogP contribution in [0.25, 0.3) is 16.8 Å². The first kappa shape index (κ1) is 39.3. The van der Waals surface area contributed by atoms with Crippen LogP contribution in [0.2, 0.25) is 0 Å². The number of aromatic nitrogens is 4. The van der Waals surface area contributed by atoms with Gasteiger partial charge in [0.05, 0.1) is 24.5 Å². The number of aliphatic hydroxyl groups excluding tert-OH is 1. The number of rotatable bonds is 13. The van der Waals surface area contributed by atoms with Gasteiger partial charge in [-0.3, -0.25) is 0 Å². The molecular formula is C46H42N6O6S. The smallest absolute Gasteiger partial charge is 0.319 e. The molecule has 1 saturated heterocycles. The van der Waals surface area contributed by atoms with E-state index in [2.05, 4.69) is 45.2 Å². The van der Waals surface area contributed by atoms with Gasteiger partial charge in [0.15, 0.2) is 6.29 Å². The number of hydrogen-bond acceptors (Lipinski definition) is 10. The maximum absolute atomic E-state index is 12.8. The summed E-state index contributed by atoms with van der Waals surface area (Å²) in [5.74, 6) is 2.07. The molecule has 298 valence electrons. The Morgan fingerprint density at radius 1 is 0.780 bits per heavy atom. The van der Waals surface area contributed by atoms with Gasteiger partial charge in [0.2, 0.25) is 5.16 Å². The number of amides is 2. The zero-order valence-corrected chi connectivity index (χ0v) is 32.9. The van der Waals surface area contributed by atoms with E-state index in [1.165, 1.54) is 11.8 Å². The van der Waals surface area contributed by atoms with Crippen molar-refractivity contribution in [1.29, 1.82) is 0 Å². The Kier molecular flexibility index (Phi) is 12.3. The summed E-state index contributed by atoms with van der Waals surface area (Å²) < 4.78 is 21.0. The number of thioether (sulfide) groups is 1. The standard InChI is InChI=1S/C46H42N6O6S/c1-30-42(29-59-46-49-50-51-52(46)38-19-21-39(54)22-20-38)57-44(58-43(30)33-15-13-31(28-53)14-16-33)36-10-6-9-35(26-36)34-8-5-7-32(25-34)27-47-45(55)48-37-17-23-41(24-18-37)56-40-11-3-2-4-12-40/h2-26,30,42-44,53-54H,27-29H2,1H3,(H2,47,48,55). The second kappa shape index (κ2) is 18.4. The van der Waals surface area contributed by atoms with Crippen molar-refractivity contribution < 1.29 is 29.2 Å². The molecule has 1 fully saturated rings. The predicted octanol–water partition coefficient (Wildman–Crippen LogP) is 9.22. The van der Waals surface area contributed by atoms with Crippen molar-refractivity contribution in [2.24, 2.45) is 5.92 Å². The van der Waals surface area contributed by atoms with Crippen LogP contribution in [0.15, 0.2) is 157 Å². The summed E-state index contributed by atoms with van der Waals surface area (Å²) in [5, 5.41) is 38.2. The highest BCUT2D eigenvalue weighted by Gasteiger charge is 2.38. The van der Waals surface area contributed by atoms with Crippen molar-refractivity contribution >= 4 is 23.5 Å². The molecule has 8 rings (SSSR count). The summed E-state index contributed by atoms with van der Waals surface area (Å²) in [7, 11) is 0. The number of benzene rings is 6. The molecule has 1 aliphatic rings. The Balaban J connectivity index is 0.949. The van der Waals surface area contributed by atoms with Crippen LogP contribution >= 0.6 is 11.8 Å². The molecule has 4 N–H and O–H groups in total. The minimum Gasteiger partial charge on any atom is -0.508 e. The summed E-state index contributed by atoms with van der Waals surface area (Å²) in [6.07, 6.45) is -1.24. The zero-order valence-electron chi connectivity index (χ0n) is 32.1. The largest absolute Gasteiger partial charge is 0.508 e. The zero-order chi connectivity index (χ0) is 40.6. The molecular weight excluding hydrogens is 765 g/mol. The average Bonchev–Trinajstić information content (AvgIpc) is 3.75. The third-order valence-corrected chi connectivity index (χ3v) is 11.0. The molecule has 0 bridgehead atoms.